The first kappa shape index (κ1) is 17.0. The van der Waals surface area contributed by atoms with E-state index in [4.69, 9.17) is 5.11 Å². The lowest BCUT2D eigenvalue weighted by atomic mass is 10.1. The van der Waals surface area contributed by atoms with Crippen molar-refractivity contribution in [1.82, 2.24) is 10.2 Å². The number of carboxylic acid groups (broad SMARTS) is 1. The van der Waals surface area contributed by atoms with Crippen LogP contribution in [0.25, 0.3) is 0 Å². The molecule has 2 amide bonds. The number of benzene rings is 1. The number of nitrogens with zero attached hydrogens (tertiary/aromatic N) is 1. The summed E-state index contributed by atoms with van der Waals surface area (Å²) in [5.41, 5.74) is 1.18. The highest BCUT2D eigenvalue weighted by Crippen LogP contribution is 2.06. The van der Waals surface area contributed by atoms with Crippen LogP contribution in [0, 0.1) is 0 Å². The molecule has 0 aliphatic heterocycles. The maximum atomic E-state index is 12.1. The van der Waals surface area contributed by atoms with Crippen LogP contribution in [-0.2, 0) is 6.42 Å². The number of amides is 2. The SMILES string of the molecule is CCCN(C(=O)NCCc1cccc(C(=O)O)c1)C(C)C. The lowest BCUT2D eigenvalue weighted by Gasteiger charge is -2.26. The van der Waals surface area contributed by atoms with Crippen LogP contribution in [0.1, 0.15) is 43.1 Å². The van der Waals surface area contributed by atoms with E-state index in [1.165, 1.54) is 0 Å². The van der Waals surface area contributed by atoms with E-state index in [0.717, 1.165) is 18.5 Å². The van der Waals surface area contributed by atoms with E-state index in [1.807, 2.05) is 26.8 Å². The Morgan fingerprint density at radius 1 is 1.33 bits per heavy atom. The molecule has 0 unspecified atom stereocenters. The molecule has 0 saturated heterocycles. The Morgan fingerprint density at radius 3 is 2.62 bits per heavy atom. The van der Waals surface area contributed by atoms with Crippen LogP contribution in [0.3, 0.4) is 0 Å². The molecule has 0 fully saturated rings. The molecule has 0 aliphatic carbocycles. The topological polar surface area (TPSA) is 69.6 Å². The summed E-state index contributed by atoms with van der Waals surface area (Å²) in [6, 6.07) is 6.89. The average Bonchev–Trinajstić information content (AvgIpc) is 2.44. The number of carbonyl (C=O) groups excluding carboxylic acids is 1. The first-order valence-electron chi connectivity index (χ1n) is 7.32. The van der Waals surface area contributed by atoms with E-state index in [0.29, 0.717) is 13.0 Å². The normalized spacial score (nSPS) is 10.5. The van der Waals surface area contributed by atoms with Crippen molar-refractivity contribution in [3.8, 4) is 0 Å². The molecule has 116 valence electrons. The highest BCUT2D eigenvalue weighted by Gasteiger charge is 2.15. The minimum absolute atomic E-state index is 0.0683. The van der Waals surface area contributed by atoms with Crippen LogP contribution in [-0.4, -0.2) is 41.1 Å². The van der Waals surface area contributed by atoms with Gasteiger partial charge in [-0.25, -0.2) is 9.59 Å². The van der Waals surface area contributed by atoms with Gasteiger partial charge < -0.3 is 15.3 Å². The fourth-order valence-electron chi connectivity index (χ4n) is 2.11. The van der Waals surface area contributed by atoms with E-state index in [9.17, 15) is 9.59 Å². The second-order valence-electron chi connectivity index (χ2n) is 5.27. The Kier molecular flexibility index (Phi) is 6.72. The second kappa shape index (κ2) is 8.29. The summed E-state index contributed by atoms with van der Waals surface area (Å²) in [4.78, 5) is 24.8. The number of rotatable bonds is 7. The average molecular weight is 292 g/mol. The van der Waals surface area contributed by atoms with Crippen molar-refractivity contribution in [2.45, 2.75) is 39.7 Å². The number of aromatic carboxylic acids is 1. The Hall–Kier alpha value is -2.04. The van der Waals surface area contributed by atoms with Gasteiger partial charge in [-0.15, -0.1) is 0 Å². The zero-order chi connectivity index (χ0) is 15.8. The molecule has 1 aromatic carbocycles. The fraction of sp³-hybridized carbons (Fsp3) is 0.500. The van der Waals surface area contributed by atoms with Crippen LogP contribution in [0.5, 0.6) is 0 Å². The number of hydrogen-bond acceptors (Lipinski definition) is 2. The van der Waals surface area contributed by atoms with Gasteiger partial charge in [-0.2, -0.15) is 0 Å². The third-order valence-corrected chi connectivity index (χ3v) is 3.21. The van der Waals surface area contributed by atoms with Crippen LogP contribution < -0.4 is 5.32 Å². The molecule has 5 heteroatoms. The first-order chi connectivity index (χ1) is 9.95. The molecule has 0 atom stereocenters. The van der Waals surface area contributed by atoms with Gasteiger partial charge in [0.05, 0.1) is 5.56 Å². The van der Waals surface area contributed by atoms with E-state index >= 15 is 0 Å². The smallest absolute Gasteiger partial charge is 0.335 e. The molecule has 1 rings (SSSR count). The molecular weight excluding hydrogens is 268 g/mol. The van der Waals surface area contributed by atoms with Crippen molar-refractivity contribution in [1.29, 1.82) is 0 Å². The van der Waals surface area contributed by atoms with Gasteiger partial charge in [-0.05, 0) is 44.4 Å². The van der Waals surface area contributed by atoms with Gasteiger partial charge in [0.1, 0.15) is 0 Å². The zero-order valence-corrected chi connectivity index (χ0v) is 12.9. The van der Waals surface area contributed by atoms with Crippen LogP contribution in [0.4, 0.5) is 4.79 Å². The lowest BCUT2D eigenvalue weighted by molar-refractivity contribution is 0.0696. The molecule has 1 aromatic rings. The summed E-state index contributed by atoms with van der Waals surface area (Å²) < 4.78 is 0. The predicted molar refractivity (Wildman–Crippen MR) is 82.6 cm³/mol. The van der Waals surface area contributed by atoms with Gasteiger partial charge in [-0.1, -0.05) is 19.1 Å². The summed E-state index contributed by atoms with van der Waals surface area (Å²) in [5.74, 6) is -0.935. The third-order valence-electron chi connectivity index (χ3n) is 3.21. The van der Waals surface area contributed by atoms with E-state index in [1.54, 1.807) is 23.1 Å². The van der Waals surface area contributed by atoms with Gasteiger partial charge >= 0.3 is 12.0 Å². The summed E-state index contributed by atoms with van der Waals surface area (Å²) in [6.07, 6.45) is 1.54. The summed E-state index contributed by atoms with van der Waals surface area (Å²) in [7, 11) is 0. The maximum Gasteiger partial charge on any atom is 0.335 e. The molecule has 0 radical (unpaired) electrons. The van der Waals surface area contributed by atoms with Gasteiger partial charge in [0, 0.05) is 19.1 Å². The quantitative estimate of drug-likeness (QED) is 0.812. The number of urea groups is 1. The summed E-state index contributed by atoms with van der Waals surface area (Å²) in [5, 5.41) is 11.8. The number of nitrogens with one attached hydrogen (secondary N) is 1. The molecule has 0 aliphatic rings. The van der Waals surface area contributed by atoms with E-state index < -0.39 is 5.97 Å². The van der Waals surface area contributed by atoms with Crippen LogP contribution in [0.2, 0.25) is 0 Å². The second-order valence-corrected chi connectivity index (χ2v) is 5.27. The van der Waals surface area contributed by atoms with Crippen molar-refractivity contribution in [3.05, 3.63) is 35.4 Å². The Labute approximate surface area is 126 Å². The number of hydrogen-bond donors (Lipinski definition) is 2. The molecule has 0 spiro atoms. The monoisotopic (exact) mass is 292 g/mol. The van der Waals surface area contributed by atoms with Crippen molar-refractivity contribution >= 4 is 12.0 Å². The van der Waals surface area contributed by atoms with Gasteiger partial charge in [0.15, 0.2) is 0 Å². The number of carbonyl (C=O) groups is 2. The summed E-state index contributed by atoms with van der Waals surface area (Å²) in [6.45, 7) is 7.25. The van der Waals surface area contributed by atoms with Gasteiger partial charge in [0.25, 0.3) is 0 Å². The Balaban J connectivity index is 2.51. The Morgan fingerprint density at radius 2 is 2.05 bits per heavy atom. The molecule has 0 aromatic heterocycles. The Bertz CT molecular complexity index is 486. The zero-order valence-electron chi connectivity index (χ0n) is 12.9. The minimum Gasteiger partial charge on any atom is -0.478 e. The van der Waals surface area contributed by atoms with Crippen LogP contribution >= 0.6 is 0 Å². The maximum absolute atomic E-state index is 12.1. The standard InChI is InChI=1S/C16H24N2O3/c1-4-10-18(12(2)3)16(21)17-9-8-13-6-5-7-14(11-13)15(19)20/h5-7,11-12H,4,8-10H2,1-3H3,(H,17,21)(H,19,20). The molecular formula is C16H24N2O3. The van der Waals surface area contributed by atoms with Crippen molar-refractivity contribution < 1.29 is 14.7 Å². The highest BCUT2D eigenvalue weighted by molar-refractivity contribution is 5.87. The minimum atomic E-state index is -0.935. The van der Waals surface area contributed by atoms with Crippen molar-refractivity contribution in [2.24, 2.45) is 0 Å². The molecule has 21 heavy (non-hydrogen) atoms. The van der Waals surface area contributed by atoms with Crippen molar-refractivity contribution in [3.63, 3.8) is 0 Å². The number of carboxylic acids is 1. The van der Waals surface area contributed by atoms with Crippen LogP contribution in [0.15, 0.2) is 24.3 Å². The predicted octanol–water partition coefficient (Wildman–Crippen LogP) is 2.76. The highest BCUT2D eigenvalue weighted by atomic mass is 16.4. The van der Waals surface area contributed by atoms with Gasteiger partial charge in [-0.3, -0.25) is 0 Å². The van der Waals surface area contributed by atoms with Gasteiger partial charge in [0.2, 0.25) is 0 Å². The fourth-order valence-corrected chi connectivity index (χ4v) is 2.11. The third kappa shape index (κ3) is 5.45. The van der Waals surface area contributed by atoms with E-state index in [-0.39, 0.29) is 17.6 Å². The largest absolute Gasteiger partial charge is 0.478 e. The van der Waals surface area contributed by atoms with E-state index in [2.05, 4.69) is 5.32 Å². The molecule has 0 saturated carbocycles. The molecule has 2 N–H and O–H groups in total. The first-order valence-corrected chi connectivity index (χ1v) is 7.32. The molecule has 0 bridgehead atoms. The lowest BCUT2D eigenvalue weighted by Crippen LogP contribution is -2.44. The molecule has 5 nitrogen and oxygen atoms in total. The van der Waals surface area contributed by atoms with Crippen molar-refractivity contribution in [2.75, 3.05) is 13.1 Å². The molecule has 0 heterocycles. The summed E-state index contributed by atoms with van der Waals surface area (Å²) >= 11 is 0.